The maximum atomic E-state index is 12.3. The molecule has 0 unspecified atom stereocenters. The second kappa shape index (κ2) is 10.3. The highest BCUT2D eigenvalue weighted by Gasteiger charge is 2.42. The Bertz CT molecular complexity index is 645. The molecule has 28 heavy (non-hydrogen) atoms. The van der Waals surface area contributed by atoms with Crippen LogP contribution < -0.4 is 27.4 Å². The van der Waals surface area contributed by atoms with Crippen LogP contribution in [-0.2, 0) is 19.2 Å². The van der Waals surface area contributed by atoms with Crippen molar-refractivity contribution in [3.05, 3.63) is 0 Å². The number of carbonyl (C=O) groups excluding carboxylic acids is 5. The van der Waals surface area contributed by atoms with Crippen molar-refractivity contribution in [2.24, 2.45) is 11.5 Å². The Morgan fingerprint density at radius 1 is 1.18 bits per heavy atom. The largest absolute Gasteiger partial charge is 0.368 e. The highest BCUT2D eigenvalue weighted by Crippen LogP contribution is 2.33. The topological polar surface area (TPSA) is 177 Å². The number of hydrogen-bond acceptors (Lipinski definition) is 7. The molecule has 2 aliphatic heterocycles. The Morgan fingerprint density at radius 3 is 2.61 bits per heavy atom. The number of imide groups is 1. The molecule has 7 N–H and O–H groups in total. The van der Waals surface area contributed by atoms with Gasteiger partial charge in [0.25, 0.3) is 0 Å². The average Bonchev–Trinajstić information content (AvgIpc) is 3.19. The number of nitrogens with zero attached hydrogens (tertiary/aromatic N) is 1. The van der Waals surface area contributed by atoms with Crippen LogP contribution in [0.3, 0.4) is 0 Å². The van der Waals surface area contributed by atoms with Crippen LogP contribution in [0.4, 0.5) is 4.79 Å². The Labute approximate surface area is 166 Å². The minimum absolute atomic E-state index is 0.0833. The summed E-state index contributed by atoms with van der Waals surface area (Å²) in [6.45, 7) is -1.24. The molecule has 156 valence electrons. The summed E-state index contributed by atoms with van der Waals surface area (Å²) in [5, 5.41) is 8.34. The van der Waals surface area contributed by atoms with Crippen LogP contribution in [0.5, 0.6) is 0 Å². The highest BCUT2D eigenvalue weighted by atomic mass is 32.2. The van der Waals surface area contributed by atoms with Crippen molar-refractivity contribution in [3.63, 3.8) is 0 Å². The van der Waals surface area contributed by atoms with Gasteiger partial charge in [-0.15, -0.1) is 0 Å². The van der Waals surface area contributed by atoms with Gasteiger partial charge in [-0.1, -0.05) is 6.42 Å². The lowest BCUT2D eigenvalue weighted by Crippen LogP contribution is -2.47. The normalized spacial score (nSPS) is 22.8. The first kappa shape index (κ1) is 22.0. The summed E-state index contributed by atoms with van der Waals surface area (Å²) in [5.41, 5.74) is 10.3. The number of amides is 6. The van der Waals surface area contributed by atoms with Gasteiger partial charge in [0.2, 0.25) is 23.6 Å². The molecule has 0 saturated carbocycles. The Morgan fingerprint density at radius 2 is 1.93 bits per heavy atom. The molecule has 0 aromatic rings. The highest BCUT2D eigenvalue weighted by molar-refractivity contribution is 8.00. The monoisotopic (exact) mass is 414 g/mol. The number of carbonyl (C=O) groups is 5. The molecule has 0 radical (unpaired) electrons. The molecule has 2 fully saturated rings. The van der Waals surface area contributed by atoms with E-state index in [1.165, 1.54) is 0 Å². The third-order valence-electron chi connectivity index (χ3n) is 4.61. The first-order chi connectivity index (χ1) is 13.3. The molecule has 0 aliphatic carbocycles. The van der Waals surface area contributed by atoms with Crippen LogP contribution in [-0.4, -0.2) is 77.3 Å². The fraction of sp³-hybridized carbons (Fsp3) is 0.688. The van der Waals surface area contributed by atoms with E-state index in [1.54, 1.807) is 11.8 Å². The number of unbranched alkanes of at least 4 members (excludes halogenated alkanes) is 1. The molecule has 0 aromatic heterocycles. The molecule has 6 amide bonds. The maximum absolute atomic E-state index is 12.3. The Hall–Kier alpha value is -2.34. The number of thioether (sulfide) groups is 1. The summed E-state index contributed by atoms with van der Waals surface area (Å²) in [6.07, 6.45) is 2.19. The molecule has 2 aliphatic rings. The summed E-state index contributed by atoms with van der Waals surface area (Å²) in [6, 6.07) is 0.113. The molecule has 12 heteroatoms. The number of primary amides is 1. The van der Waals surface area contributed by atoms with Gasteiger partial charge in [-0.25, -0.2) is 4.79 Å². The van der Waals surface area contributed by atoms with Crippen molar-refractivity contribution in [2.75, 3.05) is 25.4 Å². The van der Waals surface area contributed by atoms with Gasteiger partial charge < -0.3 is 27.4 Å². The second-order valence-electron chi connectivity index (χ2n) is 6.69. The fourth-order valence-electron chi connectivity index (χ4n) is 3.21. The van der Waals surface area contributed by atoms with Crippen molar-refractivity contribution in [2.45, 2.75) is 43.0 Å². The molecular weight excluding hydrogens is 388 g/mol. The molecule has 2 heterocycles. The van der Waals surface area contributed by atoms with E-state index in [-0.39, 0.29) is 36.3 Å². The van der Waals surface area contributed by atoms with Crippen LogP contribution in [0.2, 0.25) is 0 Å². The van der Waals surface area contributed by atoms with E-state index < -0.39 is 36.7 Å². The summed E-state index contributed by atoms with van der Waals surface area (Å²) in [4.78, 5) is 58.9. The lowest BCUT2D eigenvalue weighted by molar-refractivity contribution is -0.147. The molecule has 11 nitrogen and oxygen atoms in total. The number of nitrogens with one attached hydrogen (secondary N) is 3. The molecule has 0 aromatic carbocycles. The molecule has 0 bridgehead atoms. The van der Waals surface area contributed by atoms with E-state index in [0.717, 1.165) is 23.5 Å². The predicted molar refractivity (Wildman–Crippen MR) is 102 cm³/mol. The van der Waals surface area contributed by atoms with Crippen molar-refractivity contribution in [1.82, 2.24) is 20.9 Å². The SMILES string of the molecule is NCC(=O)NCC(=O)N(CC(N)=O)C(=O)CCCC[C@@H]1SC[C@@H]2NC(=O)N[C@@H]21. The maximum Gasteiger partial charge on any atom is 0.315 e. The zero-order valence-corrected chi connectivity index (χ0v) is 16.3. The zero-order valence-electron chi connectivity index (χ0n) is 15.4. The summed E-state index contributed by atoms with van der Waals surface area (Å²) in [7, 11) is 0. The standard InChI is InChI=1S/C16H26N6O5S/c17-5-12(24)19-6-14(26)22(7-11(18)23)13(25)4-2-1-3-10-15-9(8-28-10)20-16(27)21-15/h9-10,15H,1-8,17H2,(H2,18,23)(H,19,24)(H2,20,21,27)/t9-,10-,15-/m0/s1. The van der Waals surface area contributed by atoms with Crippen molar-refractivity contribution >= 4 is 41.4 Å². The number of nitrogens with two attached hydrogens (primary N) is 2. The molecular formula is C16H26N6O5S. The number of fused-ring (bicyclic) bond motifs is 1. The van der Waals surface area contributed by atoms with Gasteiger partial charge in [0.05, 0.1) is 25.2 Å². The van der Waals surface area contributed by atoms with Crippen LogP contribution in [0, 0.1) is 0 Å². The van der Waals surface area contributed by atoms with Crippen LogP contribution in [0.25, 0.3) is 0 Å². The van der Waals surface area contributed by atoms with Gasteiger partial charge in [-0.3, -0.25) is 24.1 Å². The van der Waals surface area contributed by atoms with E-state index in [2.05, 4.69) is 16.0 Å². The average molecular weight is 414 g/mol. The van der Waals surface area contributed by atoms with Crippen molar-refractivity contribution in [1.29, 1.82) is 0 Å². The van der Waals surface area contributed by atoms with Gasteiger partial charge in [0.1, 0.15) is 6.54 Å². The number of urea groups is 1. The van der Waals surface area contributed by atoms with Gasteiger partial charge in [-0.05, 0) is 12.8 Å². The van der Waals surface area contributed by atoms with Gasteiger partial charge >= 0.3 is 6.03 Å². The van der Waals surface area contributed by atoms with Crippen LogP contribution in [0.1, 0.15) is 25.7 Å². The number of rotatable bonds is 10. The predicted octanol–water partition coefficient (Wildman–Crippen LogP) is -2.37. The lowest BCUT2D eigenvalue weighted by Gasteiger charge is -2.20. The first-order valence-corrected chi connectivity index (χ1v) is 10.1. The smallest absolute Gasteiger partial charge is 0.315 e. The van der Waals surface area contributed by atoms with Gasteiger partial charge in [0, 0.05) is 17.4 Å². The molecule has 2 rings (SSSR count). The Balaban J connectivity index is 1.76. The summed E-state index contributed by atoms with van der Waals surface area (Å²) in [5.74, 6) is -1.72. The molecule has 3 atom stereocenters. The van der Waals surface area contributed by atoms with Gasteiger partial charge in [-0.2, -0.15) is 11.8 Å². The molecule has 2 saturated heterocycles. The summed E-state index contributed by atoms with van der Waals surface area (Å²) >= 11 is 1.79. The Kier molecular flexibility index (Phi) is 8.05. The van der Waals surface area contributed by atoms with E-state index >= 15 is 0 Å². The molecule has 0 spiro atoms. The number of hydrogen-bond donors (Lipinski definition) is 5. The second-order valence-corrected chi connectivity index (χ2v) is 7.96. The van der Waals surface area contributed by atoms with Gasteiger partial charge in [0.15, 0.2) is 0 Å². The van der Waals surface area contributed by atoms with Crippen molar-refractivity contribution in [3.8, 4) is 0 Å². The minimum Gasteiger partial charge on any atom is -0.368 e. The van der Waals surface area contributed by atoms with E-state index in [4.69, 9.17) is 11.5 Å². The summed E-state index contributed by atoms with van der Waals surface area (Å²) < 4.78 is 0. The van der Waals surface area contributed by atoms with Crippen LogP contribution in [0.15, 0.2) is 0 Å². The van der Waals surface area contributed by atoms with Crippen molar-refractivity contribution < 1.29 is 24.0 Å². The minimum atomic E-state index is -0.815. The zero-order chi connectivity index (χ0) is 20.7. The quantitative estimate of drug-likeness (QED) is 0.196. The fourth-order valence-corrected chi connectivity index (χ4v) is 4.76. The third kappa shape index (κ3) is 6.09. The van der Waals surface area contributed by atoms with E-state index in [1.807, 2.05) is 0 Å². The third-order valence-corrected chi connectivity index (χ3v) is 6.11. The van der Waals surface area contributed by atoms with Crippen LogP contribution >= 0.6 is 11.8 Å². The van der Waals surface area contributed by atoms with E-state index in [0.29, 0.717) is 6.42 Å². The van der Waals surface area contributed by atoms with E-state index in [9.17, 15) is 24.0 Å². The first-order valence-electron chi connectivity index (χ1n) is 9.08. The lowest BCUT2D eigenvalue weighted by atomic mass is 10.0.